The summed E-state index contributed by atoms with van der Waals surface area (Å²) in [4.78, 5) is 38.5. The van der Waals surface area contributed by atoms with E-state index in [1.165, 1.54) is 18.3 Å². The van der Waals surface area contributed by atoms with Crippen LogP contribution in [0.15, 0.2) is 29.6 Å². The quantitative estimate of drug-likeness (QED) is 0.697. The Morgan fingerprint density at radius 1 is 1.16 bits per heavy atom. The van der Waals surface area contributed by atoms with Crippen molar-refractivity contribution in [1.82, 2.24) is 10.3 Å². The summed E-state index contributed by atoms with van der Waals surface area (Å²) in [6.07, 6.45) is 0. The van der Waals surface area contributed by atoms with Crippen LogP contribution < -0.4 is 20.7 Å². The summed E-state index contributed by atoms with van der Waals surface area (Å²) in [6.45, 7) is 3.69. The van der Waals surface area contributed by atoms with Crippen LogP contribution in [0.1, 0.15) is 24.3 Å². The molecule has 0 atom stereocenters. The molecule has 1 heterocycles. The molecule has 1 aromatic carbocycles. The van der Waals surface area contributed by atoms with Crippen LogP contribution in [0.5, 0.6) is 5.75 Å². The molecule has 0 radical (unpaired) electrons. The molecule has 0 bridgehead atoms. The zero-order valence-corrected chi connectivity index (χ0v) is 14.6. The van der Waals surface area contributed by atoms with Crippen molar-refractivity contribution in [3.8, 4) is 5.75 Å². The SMILES string of the molecule is CCNC(=O)COc1ccc(NC(=O)c2csc(NC(C)=O)n2)cc1. The molecule has 2 rings (SSSR count). The second-order valence-electron chi connectivity index (χ2n) is 4.94. The molecular formula is C16H18N4O4S. The summed E-state index contributed by atoms with van der Waals surface area (Å²) >= 11 is 1.17. The Morgan fingerprint density at radius 3 is 2.52 bits per heavy atom. The van der Waals surface area contributed by atoms with Gasteiger partial charge in [0.05, 0.1) is 0 Å². The van der Waals surface area contributed by atoms with E-state index in [9.17, 15) is 14.4 Å². The topological polar surface area (TPSA) is 109 Å². The Hall–Kier alpha value is -2.94. The van der Waals surface area contributed by atoms with E-state index in [2.05, 4.69) is 20.9 Å². The number of ether oxygens (including phenoxy) is 1. The maximum atomic E-state index is 12.1. The van der Waals surface area contributed by atoms with Crippen molar-refractivity contribution in [3.05, 3.63) is 35.3 Å². The van der Waals surface area contributed by atoms with E-state index in [0.717, 1.165) is 0 Å². The van der Waals surface area contributed by atoms with Gasteiger partial charge in [-0.15, -0.1) is 11.3 Å². The average molecular weight is 362 g/mol. The summed E-state index contributed by atoms with van der Waals surface area (Å²) in [7, 11) is 0. The number of anilines is 2. The van der Waals surface area contributed by atoms with Gasteiger partial charge < -0.3 is 20.7 Å². The van der Waals surface area contributed by atoms with Gasteiger partial charge in [0.2, 0.25) is 5.91 Å². The van der Waals surface area contributed by atoms with Gasteiger partial charge in [-0.1, -0.05) is 0 Å². The van der Waals surface area contributed by atoms with Gasteiger partial charge in [0, 0.05) is 24.5 Å². The number of benzene rings is 1. The minimum absolute atomic E-state index is 0.0652. The monoisotopic (exact) mass is 362 g/mol. The first-order valence-electron chi connectivity index (χ1n) is 7.52. The third kappa shape index (κ3) is 5.88. The fourth-order valence-electron chi connectivity index (χ4n) is 1.81. The molecular weight excluding hydrogens is 344 g/mol. The van der Waals surface area contributed by atoms with Crippen LogP contribution in [0, 0.1) is 0 Å². The molecule has 2 aromatic rings. The highest BCUT2D eigenvalue weighted by atomic mass is 32.1. The van der Waals surface area contributed by atoms with Gasteiger partial charge in [-0.2, -0.15) is 0 Å². The third-order valence-corrected chi connectivity index (χ3v) is 3.63. The lowest BCUT2D eigenvalue weighted by atomic mass is 10.3. The molecule has 3 N–H and O–H groups in total. The van der Waals surface area contributed by atoms with E-state index in [-0.39, 0.29) is 30.0 Å². The Balaban J connectivity index is 1.89. The van der Waals surface area contributed by atoms with E-state index in [0.29, 0.717) is 23.1 Å². The number of carbonyl (C=O) groups is 3. The van der Waals surface area contributed by atoms with Crippen molar-refractivity contribution >= 4 is 39.9 Å². The molecule has 0 aliphatic carbocycles. The van der Waals surface area contributed by atoms with Crippen LogP contribution in [0.3, 0.4) is 0 Å². The van der Waals surface area contributed by atoms with E-state index in [4.69, 9.17) is 4.74 Å². The predicted octanol–water partition coefficient (Wildman–Crippen LogP) is 1.87. The molecule has 0 fully saturated rings. The van der Waals surface area contributed by atoms with Crippen molar-refractivity contribution in [2.24, 2.45) is 0 Å². The second-order valence-corrected chi connectivity index (χ2v) is 5.80. The lowest BCUT2D eigenvalue weighted by Crippen LogP contribution is -2.28. The summed E-state index contributed by atoms with van der Waals surface area (Å²) in [5, 5.41) is 9.78. The van der Waals surface area contributed by atoms with Crippen molar-refractivity contribution in [2.45, 2.75) is 13.8 Å². The van der Waals surface area contributed by atoms with Gasteiger partial charge in [-0.05, 0) is 31.2 Å². The first-order valence-corrected chi connectivity index (χ1v) is 8.40. The molecule has 132 valence electrons. The van der Waals surface area contributed by atoms with Crippen LogP contribution in [0.2, 0.25) is 0 Å². The minimum atomic E-state index is -0.385. The Kier molecular flexibility index (Phi) is 6.47. The average Bonchev–Trinajstić information content (AvgIpc) is 3.02. The van der Waals surface area contributed by atoms with Gasteiger partial charge in [0.15, 0.2) is 11.7 Å². The van der Waals surface area contributed by atoms with Crippen molar-refractivity contribution in [1.29, 1.82) is 0 Å². The zero-order valence-electron chi connectivity index (χ0n) is 13.8. The number of amides is 3. The van der Waals surface area contributed by atoms with Crippen molar-refractivity contribution < 1.29 is 19.1 Å². The van der Waals surface area contributed by atoms with E-state index in [1.807, 2.05) is 6.92 Å². The van der Waals surface area contributed by atoms with Crippen molar-refractivity contribution in [2.75, 3.05) is 23.8 Å². The van der Waals surface area contributed by atoms with Gasteiger partial charge in [0.25, 0.3) is 11.8 Å². The van der Waals surface area contributed by atoms with Gasteiger partial charge >= 0.3 is 0 Å². The highest BCUT2D eigenvalue weighted by Crippen LogP contribution is 2.19. The molecule has 0 spiro atoms. The highest BCUT2D eigenvalue weighted by molar-refractivity contribution is 7.14. The minimum Gasteiger partial charge on any atom is -0.484 e. The lowest BCUT2D eigenvalue weighted by Gasteiger charge is -2.07. The summed E-state index contributed by atoms with van der Waals surface area (Å²) in [5.41, 5.74) is 0.773. The number of nitrogens with one attached hydrogen (secondary N) is 3. The molecule has 8 nitrogen and oxygen atoms in total. The standard InChI is InChI=1S/C16H18N4O4S/c1-3-17-14(22)8-24-12-6-4-11(5-7-12)19-15(23)13-9-25-16(20-13)18-10(2)21/h4-7,9H,3,8H2,1-2H3,(H,17,22)(H,19,23)(H,18,20,21). The molecule has 0 unspecified atom stereocenters. The van der Waals surface area contributed by atoms with E-state index in [1.54, 1.807) is 29.6 Å². The first kappa shape index (κ1) is 18.4. The Bertz CT molecular complexity index is 758. The Morgan fingerprint density at radius 2 is 1.88 bits per heavy atom. The molecule has 0 saturated carbocycles. The first-order chi connectivity index (χ1) is 12.0. The van der Waals surface area contributed by atoms with Crippen LogP contribution >= 0.6 is 11.3 Å². The number of rotatable bonds is 7. The number of thiazole rings is 1. The molecule has 1 aromatic heterocycles. The molecule has 0 saturated heterocycles. The van der Waals surface area contributed by atoms with Gasteiger partial charge in [0.1, 0.15) is 11.4 Å². The lowest BCUT2D eigenvalue weighted by molar-refractivity contribution is -0.123. The third-order valence-electron chi connectivity index (χ3n) is 2.88. The fourth-order valence-corrected chi connectivity index (χ4v) is 2.55. The number of hydrogen-bond donors (Lipinski definition) is 3. The molecule has 0 aliphatic rings. The summed E-state index contributed by atoms with van der Waals surface area (Å²) in [6, 6.07) is 6.62. The number of nitrogens with zero attached hydrogens (tertiary/aromatic N) is 1. The number of hydrogen-bond acceptors (Lipinski definition) is 6. The normalized spacial score (nSPS) is 10.0. The molecule has 25 heavy (non-hydrogen) atoms. The molecule has 9 heteroatoms. The summed E-state index contributed by atoms with van der Waals surface area (Å²) in [5.74, 6) is -0.308. The maximum absolute atomic E-state index is 12.1. The maximum Gasteiger partial charge on any atom is 0.275 e. The largest absolute Gasteiger partial charge is 0.484 e. The van der Waals surface area contributed by atoms with Gasteiger partial charge in [-0.3, -0.25) is 14.4 Å². The van der Waals surface area contributed by atoms with Gasteiger partial charge in [-0.25, -0.2) is 4.98 Å². The molecule has 0 aliphatic heterocycles. The zero-order chi connectivity index (χ0) is 18.2. The number of carbonyl (C=O) groups excluding carboxylic acids is 3. The summed E-state index contributed by atoms with van der Waals surface area (Å²) < 4.78 is 5.33. The fraction of sp³-hybridized carbons (Fsp3) is 0.250. The van der Waals surface area contributed by atoms with Crippen molar-refractivity contribution in [3.63, 3.8) is 0 Å². The van der Waals surface area contributed by atoms with E-state index < -0.39 is 0 Å². The van der Waals surface area contributed by atoms with Crippen LogP contribution in [0.25, 0.3) is 0 Å². The molecule has 3 amide bonds. The van der Waals surface area contributed by atoms with E-state index >= 15 is 0 Å². The Labute approximate surface area is 148 Å². The number of likely N-dealkylation sites (N-methyl/N-ethyl adjacent to an activating group) is 1. The second kappa shape index (κ2) is 8.78. The number of aromatic nitrogens is 1. The van der Waals surface area contributed by atoms with Crippen LogP contribution in [-0.2, 0) is 9.59 Å². The smallest absolute Gasteiger partial charge is 0.275 e. The highest BCUT2D eigenvalue weighted by Gasteiger charge is 2.12. The van der Waals surface area contributed by atoms with Crippen LogP contribution in [-0.4, -0.2) is 35.9 Å². The predicted molar refractivity (Wildman–Crippen MR) is 95.0 cm³/mol. The van der Waals surface area contributed by atoms with Crippen LogP contribution in [0.4, 0.5) is 10.8 Å².